The van der Waals surface area contributed by atoms with Crippen LogP contribution in [0.15, 0.2) is 54.6 Å². The average Bonchev–Trinajstić information content (AvgIpc) is 3.32. The van der Waals surface area contributed by atoms with Gasteiger partial charge in [-0.3, -0.25) is 0 Å². The summed E-state index contributed by atoms with van der Waals surface area (Å²) in [7, 11) is -0.100. The lowest BCUT2D eigenvalue weighted by Crippen LogP contribution is -2.20. The van der Waals surface area contributed by atoms with Gasteiger partial charge in [0.15, 0.2) is 0 Å². The number of hydrogen-bond acceptors (Lipinski definition) is 1. The summed E-state index contributed by atoms with van der Waals surface area (Å²) >= 11 is 0. The molecular formula is C22H27OP. The summed E-state index contributed by atoms with van der Waals surface area (Å²) in [6, 6.07) is 19.1. The first-order chi connectivity index (χ1) is 11.9. The molecule has 2 aromatic rings. The van der Waals surface area contributed by atoms with Crippen molar-refractivity contribution in [3.63, 3.8) is 0 Å². The van der Waals surface area contributed by atoms with E-state index in [4.69, 9.17) is 4.74 Å². The van der Waals surface area contributed by atoms with Gasteiger partial charge in [0.05, 0.1) is 0 Å². The Morgan fingerprint density at radius 2 is 1.21 bits per heavy atom. The molecule has 2 fully saturated rings. The molecule has 2 aliphatic rings. The quantitative estimate of drug-likeness (QED) is 0.568. The second-order valence-electron chi connectivity index (χ2n) is 7.17. The van der Waals surface area contributed by atoms with Crippen LogP contribution in [0.3, 0.4) is 0 Å². The Hall–Kier alpha value is -1.33. The van der Waals surface area contributed by atoms with Crippen molar-refractivity contribution in [2.24, 2.45) is 0 Å². The topological polar surface area (TPSA) is 9.23 Å². The molecule has 2 saturated carbocycles. The minimum absolute atomic E-state index is 0.100. The zero-order valence-corrected chi connectivity index (χ0v) is 15.3. The van der Waals surface area contributed by atoms with Crippen LogP contribution in [-0.2, 0) is 0 Å². The van der Waals surface area contributed by atoms with Crippen LogP contribution in [-0.4, -0.2) is 11.3 Å². The van der Waals surface area contributed by atoms with Crippen molar-refractivity contribution in [3.05, 3.63) is 54.6 Å². The van der Waals surface area contributed by atoms with Crippen LogP contribution in [0, 0.1) is 0 Å². The fourth-order valence-corrected chi connectivity index (χ4v) is 8.29. The largest absolute Gasteiger partial charge is 0.457 e. The van der Waals surface area contributed by atoms with E-state index in [1.54, 1.807) is 0 Å². The molecule has 2 aliphatic carbocycles. The van der Waals surface area contributed by atoms with Gasteiger partial charge in [0.25, 0.3) is 0 Å². The molecule has 0 N–H and O–H groups in total. The molecule has 2 aromatic carbocycles. The van der Waals surface area contributed by atoms with Gasteiger partial charge in [-0.2, -0.15) is 0 Å². The van der Waals surface area contributed by atoms with Crippen LogP contribution in [0.5, 0.6) is 11.5 Å². The van der Waals surface area contributed by atoms with Crippen molar-refractivity contribution in [2.75, 3.05) is 0 Å². The van der Waals surface area contributed by atoms with E-state index < -0.39 is 0 Å². The van der Waals surface area contributed by atoms with E-state index in [0.29, 0.717) is 0 Å². The Morgan fingerprint density at radius 1 is 0.667 bits per heavy atom. The summed E-state index contributed by atoms with van der Waals surface area (Å²) in [5.74, 6) is 2.06. The molecule has 0 bridgehead atoms. The van der Waals surface area contributed by atoms with Gasteiger partial charge in [-0.05, 0) is 55.2 Å². The van der Waals surface area contributed by atoms with E-state index in [2.05, 4.69) is 48.5 Å². The van der Waals surface area contributed by atoms with Crippen LogP contribution in [0.25, 0.3) is 0 Å². The van der Waals surface area contributed by atoms with E-state index in [1.165, 1.54) is 56.7 Å². The van der Waals surface area contributed by atoms with Crippen molar-refractivity contribution in [1.29, 1.82) is 0 Å². The normalized spacial score (nSPS) is 19.2. The number of hydrogen-bond donors (Lipinski definition) is 0. The monoisotopic (exact) mass is 338 g/mol. The van der Waals surface area contributed by atoms with Crippen molar-refractivity contribution >= 4 is 13.2 Å². The van der Waals surface area contributed by atoms with Crippen molar-refractivity contribution < 1.29 is 4.74 Å². The first-order valence-corrected chi connectivity index (χ1v) is 11.0. The summed E-state index contributed by atoms with van der Waals surface area (Å²) < 4.78 is 6.33. The highest BCUT2D eigenvalue weighted by molar-refractivity contribution is 7.67. The van der Waals surface area contributed by atoms with E-state index in [9.17, 15) is 0 Å². The fourth-order valence-electron chi connectivity index (χ4n) is 4.43. The molecule has 0 heterocycles. The van der Waals surface area contributed by atoms with Crippen LogP contribution in [0.1, 0.15) is 51.4 Å². The Balaban J connectivity index is 1.66. The van der Waals surface area contributed by atoms with Gasteiger partial charge in [0, 0.05) is 5.30 Å². The van der Waals surface area contributed by atoms with E-state index >= 15 is 0 Å². The van der Waals surface area contributed by atoms with E-state index in [-0.39, 0.29) is 7.92 Å². The third kappa shape index (κ3) is 3.52. The molecular weight excluding hydrogens is 311 g/mol. The third-order valence-corrected chi connectivity index (χ3v) is 9.08. The molecule has 0 atom stereocenters. The molecule has 0 spiro atoms. The number of rotatable bonds is 5. The first-order valence-electron chi connectivity index (χ1n) is 9.52. The molecule has 2 heteroatoms. The number of benzene rings is 2. The summed E-state index contributed by atoms with van der Waals surface area (Å²) in [4.78, 5) is 0. The molecule has 0 radical (unpaired) electrons. The molecule has 126 valence electrons. The van der Waals surface area contributed by atoms with Gasteiger partial charge in [-0.1, -0.05) is 70.0 Å². The predicted octanol–water partition coefficient (Wildman–Crippen LogP) is 6.47. The maximum absolute atomic E-state index is 6.33. The zero-order chi connectivity index (χ0) is 16.2. The highest BCUT2D eigenvalue weighted by Crippen LogP contribution is 2.57. The highest BCUT2D eigenvalue weighted by Gasteiger charge is 2.35. The van der Waals surface area contributed by atoms with Gasteiger partial charge in [0.2, 0.25) is 0 Å². The Morgan fingerprint density at radius 3 is 1.83 bits per heavy atom. The average molecular weight is 338 g/mol. The molecule has 24 heavy (non-hydrogen) atoms. The van der Waals surface area contributed by atoms with Crippen molar-refractivity contribution in [3.8, 4) is 11.5 Å². The Bertz CT molecular complexity index is 626. The third-order valence-electron chi connectivity index (χ3n) is 5.55. The van der Waals surface area contributed by atoms with E-state index in [0.717, 1.165) is 22.8 Å². The first kappa shape index (κ1) is 16.2. The second-order valence-corrected chi connectivity index (χ2v) is 9.92. The van der Waals surface area contributed by atoms with Crippen LogP contribution < -0.4 is 10.0 Å². The Kier molecular flexibility index (Phi) is 5.18. The van der Waals surface area contributed by atoms with Gasteiger partial charge >= 0.3 is 0 Å². The number of para-hydroxylation sites is 2. The predicted molar refractivity (Wildman–Crippen MR) is 104 cm³/mol. The van der Waals surface area contributed by atoms with E-state index in [1.807, 2.05) is 6.07 Å². The van der Waals surface area contributed by atoms with Gasteiger partial charge < -0.3 is 4.74 Å². The number of ether oxygens (including phenoxy) is 1. The molecule has 0 unspecified atom stereocenters. The molecule has 0 aliphatic heterocycles. The standard InChI is InChI=1S/C22H27OP/c1-2-10-18(11-3-1)23-21-16-8-9-17-22(21)24(19-12-4-5-13-19)20-14-6-7-15-20/h1-3,8-11,16-17,19-20H,4-7,12-15H2. The van der Waals surface area contributed by atoms with Gasteiger partial charge in [-0.25, -0.2) is 0 Å². The van der Waals surface area contributed by atoms with Crippen LogP contribution in [0.2, 0.25) is 0 Å². The lowest BCUT2D eigenvalue weighted by molar-refractivity contribution is 0.486. The summed E-state index contributed by atoms with van der Waals surface area (Å²) in [6.45, 7) is 0. The summed E-state index contributed by atoms with van der Waals surface area (Å²) in [6.07, 6.45) is 11.4. The summed E-state index contributed by atoms with van der Waals surface area (Å²) in [5, 5.41) is 1.52. The lowest BCUT2D eigenvalue weighted by atomic mass is 10.3. The van der Waals surface area contributed by atoms with Crippen molar-refractivity contribution in [2.45, 2.75) is 62.7 Å². The van der Waals surface area contributed by atoms with Crippen LogP contribution >= 0.6 is 7.92 Å². The minimum Gasteiger partial charge on any atom is -0.457 e. The maximum Gasteiger partial charge on any atom is 0.135 e. The SMILES string of the molecule is c1ccc(Oc2ccccc2P(C2CCCC2)C2CCCC2)cc1. The smallest absolute Gasteiger partial charge is 0.135 e. The summed E-state index contributed by atoms with van der Waals surface area (Å²) in [5.41, 5.74) is 1.84. The maximum atomic E-state index is 6.33. The van der Waals surface area contributed by atoms with Crippen molar-refractivity contribution in [1.82, 2.24) is 0 Å². The highest BCUT2D eigenvalue weighted by atomic mass is 31.1. The molecule has 1 nitrogen and oxygen atoms in total. The molecule has 0 aromatic heterocycles. The molecule has 0 amide bonds. The molecule has 4 rings (SSSR count). The second kappa shape index (κ2) is 7.70. The van der Waals surface area contributed by atoms with Crippen LogP contribution in [0.4, 0.5) is 0 Å². The zero-order valence-electron chi connectivity index (χ0n) is 14.4. The minimum atomic E-state index is -0.100. The molecule has 0 saturated heterocycles. The lowest BCUT2D eigenvalue weighted by Gasteiger charge is -2.31. The fraction of sp³-hybridized carbons (Fsp3) is 0.455. The Labute approximate surface area is 147 Å². The van der Waals surface area contributed by atoms with Gasteiger partial charge in [0.1, 0.15) is 11.5 Å². The van der Waals surface area contributed by atoms with Gasteiger partial charge in [-0.15, -0.1) is 0 Å².